The topological polar surface area (TPSA) is 113 Å². The molecule has 0 amide bonds. The summed E-state index contributed by atoms with van der Waals surface area (Å²) in [4.78, 5) is 17.8. The van der Waals surface area contributed by atoms with Crippen LogP contribution >= 0.6 is 0 Å². The maximum Gasteiger partial charge on any atom is 0.490 e. The lowest BCUT2D eigenvalue weighted by Gasteiger charge is -2.03. The summed E-state index contributed by atoms with van der Waals surface area (Å²) in [5, 5.41) is 17.7. The van der Waals surface area contributed by atoms with E-state index in [0.717, 1.165) is 6.42 Å². The third kappa shape index (κ3) is 8.55. The van der Waals surface area contributed by atoms with Gasteiger partial charge in [0.1, 0.15) is 0 Å². The van der Waals surface area contributed by atoms with E-state index in [0.29, 0.717) is 12.6 Å². The van der Waals surface area contributed by atoms with E-state index in [4.69, 9.17) is 25.5 Å². The molecule has 12 heteroatoms. The zero-order valence-corrected chi connectivity index (χ0v) is 13.3. The van der Waals surface area contributed by atoms with Crippen LogP contribution in [0.15, 0.2) is 18.2 Å². The Morgan fingerprint density at radius 1 is 1.12 bits per heavy atom. The Morgan fingerprint density at radius 3 is 1.88 bits per heavy atom. The second-order valence-electron chi connectivity index (χ2n) is 5.05. The molecule has 0 saturated heterocycles. The largest absolute Gasteiger partial charge is 0.490 e. The predicted molar refractivity (Wildman–Crippen MR) is 78.5 cm³/mol. The molecule has 0 spiro atoms. The number of nitrogens with one attached hydrogen (secondary N) is 1. The number of carboxylic acids is 2. The van der Waals surface area contributed by atoms with Crippen LogP contribution in [0.2, 0.25) is 0 Å². The van der Waals surface area contributed by atoms with Gasteiger partial charge in [-0.2, -0.15) is 26.3 Å². The van der Waals surface area contributed by atoms with Gasteiger partial charge in [0.05, 0.1) is 0 Å². The molecule has 148 valence electrons. The highest BCUT2D eigenvalue weighted by Crippen LogP contribution is 2.26. The lowest BCUT2D eigenvalue weighted by atomic mass is 10.1. The summed E-state index contributed by atoms with van der Waals surface area (Å²) in [6.45, 7) is 2.82. The fourth-order valence-corrected chi connectivity index (χ4v) is 1.71. The predicted octanol–water partition coefficient (Wildman–Crippen LogP) is 2.77. The van der Waals surface area contributed by atoms with Crippen molar-refractivity contribution in [3.63, 3.8) is 0 Å². The van der Waals surface area contributed by atoms with Crippen LogP contribution in [0.4, 0.5) is 32.0 Å². The van der Waals surface area contributed by atoms with Crippen LogP contribution in [0, 0.1) is 0 Å². The van der Waals surface area contributed by atoms with Gasteiger partial charge < -0.3 is 21.3 Å². The molecule has 1 unspecified atom stereocenters. The molecule has 1 heterocycles. The number of nitrogens with two attached hydrogens (primary N) is 1. The number of benzene rings is 1. The van der Waals surface area contributed by atoms with E-state index in [-0.39, 0.29) is 0 Å². The Hall–Kier alpha value is -2.50. The monoisotopic (exact) mass is 390 g/mol. The molecular formula is C14H16F6N2O4. The SMILES string of the molecule is CC1Cc2ccc(CN)cc2N1.O=C(O)C(F)(F)F.O=C(O)C(F)(F)F. The molecule has 2 rings (SSSR count). The van der Waals surface area contributed by atoms with Crippen LogP contribution in [-0.4, -0.2) is 40.5 Å². The van der Waals surface area contributed by atoms with Gasteiger partial charge in [0, 0.05) is 18.3 Å². The summed E-state index contributed by atoms with van der Waals surface area (Å²) in [6, 6.07) is 7.01. The molecule has 0 saturated carbocycles. The maximum atomic E-state index is 10.6. The first-order chi connectivity index (χ1) is 11.7. The minimum absolute atomic E-state index is 0.577. The second-order valence-corrected chi connectivity index (χ2v) is 5.05. The summed E-state index contributed by atoms with van der Waals surface area (Å²) in [6.07, 6.45) is -9.03. The van der Waals surface area contributed by atoms with Gasteiger partial charge in [-0.25, -0.2) is 9.59 Å². The number of carboxylic acid groups (broad SMARTS) is 2. The smallest absolute Gasteiger partial charge is 0.475 e. The molecule has 0 bridgehead atoms. The van der Waals surface area contributed by atoms with Gasteiger partial charge in [-0.15, -0.1) is 0 Å². The summed E-state index contributed by atoms with van der Waals surface area (Å²) < 4.78 is 63.5. The zero-order valence-electron chi connectivity index (χ0n) is 13.3. The Balaban J connectivity index is 0.000000390. The van der Waals surface area contributed by atoms with Crippen molar-refractivity contribution in [3.8, 4) is 0 Å². The fourth-order valence-electron chi connectivity index (χ4n) is 1.71. The van der Waals surface area contributed by atoms with Crippen molar-refractivity contribution >= 4 is 17.6 Å². The van der Waals surface area contributed by atoms with Gasteiger partial charge in [-0.1, -0.05) is 12.1 Å². The average Bonchev–Trinajstić information content (AvgIpc) is 2.85. The Bertz CT molecular complexity index is 607. The highest BCUT2D eigenvalue weighted by Gasteiger charge is 2.38. The third-order valence-corrected chi connectivity index (χ3v) is 2.82. The van der Waals surface area contributed by atoms with Gasteiger partial charge in [0.2, 0.25) is 0 Å². The molecule has 1 aliphatic heterocycles. The van der Waals surface area contributed by atoms with Gasteiger partial charge in [-0.3, -0.25) is 0 Å². The number of hydrogen-bond acceptors (Lipinski definition) is 4. The number of anilines is 1. The number of hydrogen-bond donors (Lipinski definition) is 4. The van der Waals surface area contributed by atoms with Crippen LogP contribution < -0.4 is 11.1 Å². The van der Waals surface area contributed by atoms with E-state index in [2.05, 4.69) is 30.4 Å². The second kappa shape index (κ2) is 9.27. The van der Waals surface area contributed by atoms with Crippen molar-refractivity contribution < 1.29 is 46.1 Å². The Kier molecular flexibility index (Phi) is 8.38. The molecule has 1 aromatic rings. The van der Waals surface area contributed by atoms with E-state index in [1.807, 2.05) is 0 Å². The van der Waals surface area contributed by atoms with E-state index >= 15 is 0 Å². The summed E-state index contributed by atoms with van der Waals surface area (Å²) in [5.74, 6) is -5.51. The first-order valence-electron chi connectivity index (χ1n) is 6.87. The third-order valence-electron chi connectivity index (χ3n) is 2.82. The molecule has 0 fully saturated rings. The van der Waals surface area contributed by atoms with Crippen LogP contribution in [0.3, 0.4) is 0 Å². The van der Waals surface area contributed by atoms with Crippen LogP contribution in [-0.2, 0) is 22.6 Å². The minimum atomic E-state index is -5.08. The normalized spacial score (nSPS) is 15.5. The lowest BCUT2D eigenvalue weighted by molar-refractivity contribution is -0.193. The number of fused-ring (bicyclic) bond motifs is 1. The van der Waals surface area contributed by atoms with Gasteiger partial charge in [-0.05, 0) is 30.5 Å². The van der Waals surface area contributed by atoms with Gasteiger partial charge in [0.15, 0.2) is 0 Å². The van der Waals surface area contributed by atoms with Crippen molar-refractivity contribution in [3.05, 3.63) is 29.3 Å². The molecule has 6 nitrogen and oxygen atoms in total. The number of rotatable bonds is 1. The van der Waals surface area contributed by atoms with Crippen LogP contribution in [0.5, 0.6) is 0 Å². The average molecular weight is 390 g/mol. The van der Waals surface area contributed by atoms with Crippen molar-refractivity contribution in [2.45, 2.75) is 38.3 Å². The summed E-state index contributed by atoms with van der Waals surface area (Å²) >= 11 is 0. The highest BCUT2D eigenvalue weighted by molar-refractivity contribution is 5.73. The molecule has 1 aliphatic rings. The summed E-state index contributed by atoms with van der Waals surface area (Å²) in [5.41, 5.74) is 9.44. The van der Waals surface area contributed by atoms with Gasteiger partial charge in [0.25, 0.3) is 0 Å². The number of carbonyl (C=O) groups is 2. The molecule has 0 radical (unpaired) electrons. The quantitative estimate of drug-likeness (QED) is 0.549. The van der Waals surface area contributed by atoms with E-state index < -0.39 is 24.3 Å². The first-order valence-corrected chi connectivity index (χ1v) is 6.87. The van der Waals surface area contributed by atoms with E-state index in [1.54, 1.807) is 0 Å². The minimum Gasteiger partial charge on any atom is -0.475 e. The van der Waals surface area contributed by atoms with Crippen molar-refractivity contribution in [2.24, 2.45) is 5.73 Å². The van der Waals surface area contributed by atoms with Crippen molar-refractivity contribution in [2.75, 3.05) is 5.32 Å². The molecule has 5 N–H and O–H groups in total. The molecule has 0 aromatic heterocycles. The van der Waals surface area contributed by atoms with Crippen LogP contribution in [0.1, 0.15) is 18.1 Å². The Morgan fingerprint density at radius 2 is 1.54 bits per heavy atom. The summed E-state index contributed by atoms with van der Waals surface area (Å²) in [7, 11) is 0. The molecule has 0 aliphatic carbocycles. The number of halogens is 6. The van der Waals surface area contributed by atoms with Crippen LogP contribution in [0.25, 0.3) is 0 Å². The molecule has 26 heavy (non-hydrogen) atoms. The van der Waals surface area contributed by atoms with Crippen molar-refractivity contribution in [1.29, 1.82) is 0 Å². The standard InChI is InChI=1S/C10H14N2.2C2HF3O2/c1-7-4-9-3-2-8(6-11)5-10(9)12-7;2*3-2(4,5)1(6)7/h2-3,5,7,12H,4,6,11H2,1H3;2*(H,6,7). The maximum absolute atomic E-state index is 10.6. The highest BCUT2D eigenvalue weighted by atomic mass is 19.4. The first kappa shape index (κ1) is 23.5. The molecular weight excluding hydrogens is 374 g/mol. The van der Waals surface area contributed by atoms with Gasteiger partial charge >= 0.3 is 24.3 Å². The number of aliphatic carboxylic acids is 2. The van der Waals surface area contributed by atoms with E-state index in [9.17, 15) is 26.3 Å². The number of alkyl halides is 6. The lowest BCUT2D eigenvalue weighted by Crippen LogP contribution is -2.21. The van der Waals surface area contributed by atoms with E-state index in [1.165, 1.54) is 16.8 Å². The molecule has 1 aromatic carbocycles. The fraction of sp³-hybridized carbons (Fsp3) is 0.429. The zero-order chi connectivity index (χ0) is 20.7. The molecule has 1 atom stereocenters. The van der Waals surface area contributed by atoms with Crippen molar-refractivity contribution in [1.82, 2.24) is 0 Å². The Labute approximate surface area is 143 Å².